The van der Waals surface area contributed by atoms with Gasteiger partial charge in [0.15, 0.2) is 0 Å². The van der Waals surface area contributed by atoms with Crippen molar-refractivity contribution in [2.75, 3.05) is 7.11 Å². The number of benzene rings is 1. The Morgan fingerprint density at radius 2 is 2.04 bits per heavy atom. The lowest BCUT2D eigenvalue weighted by Crippen LogP contribution is -2.48. The van der Waals surface area contributed by atoms with Gasteiger partial charge in [0.2, 0.25) is 15.9 Å². The molecule has 1 heterocycles. The standard InChI is InChI=1S/C16H21ClN2O4S/c1-23-15-7-6-11(9-12(15)17)24(21,22)19-13-5-3-2-4-10(13)8-14(19)16(18)20/h6-7,9-10,13-14H,2-5,8H2,1H3,(H2,18,20). The highest BCUT2D eigenvalue weighted by molar-refractivity contribution is 7.89. The molecule has 1 aliphatic carbocycles. The fraction of sp³-hybridized carbons (Fsp3) is 0.562. The second-order valence-corrected chi connectivity index (χ2v) is 8.65. The number of carbonyl (C=O) groups excluding carboxylic acids is 1. The number of rotatable bonds is 4. The molecule has 1 saturated heterocycles. The molecule has 3 rings (SSSR count). The number of nitrogens with zero attached hydrogens (tertiary/aromatic N) is 1. The van der Waals surface area contributed by atoms with Crippen LogP contribution in [0.4, 0.5) is 0 Å². The van der Waals surface area contributed by atoms with Crippen LogP contribution in [0.25, 0.3) is 0 Å². The number of methoxy groups -OCH3 is 1. The molecule has 2 fully saturated rings. The maximum atomic E-state index is 13.2. The van der Waals surface area contributed by atoms with Gasteiger partial charge in [0.05, 0.1) is 17.0 Å². The molecule has 6 nitrogen and oxygen atoms in total. The van der Waals surface area contributed by atoms with E-state index in [1.807, 2.05) is 0 Å². The monoisotopic (exact) mass is 372 g/mol. The smallest absolute Gasteiger partial charge is 0.244 e. The van der Waals surface area contributed by atoms with Crippen LogP contribution in [0.5, 0.6) is 5.75 Å². The number of hydrogen-bond acceptors (Lipinski definition) is 4. The first-order chi connectivity index (χ1) is 11.4. The van der Waals surface area contributed by atoms with E-state index in [4.69, 9.17) is 22.1 Å². The number of fused-ring (bicyclic) bond motifs is 1. The van der Waals surface area contributed by atoms with Gasteiger partial charge in [-0.1, -0.05) is 24.4 Å². The quantitative estimate of drug-likeness (QED) is 0.876. The molecule has 132 valence electrons. The molecule has 0 spiro atoms. The van der Waals surface area contributed by atoms with Crippen molar-refractivity contribution in [2.45, 2.75) is 49.1 Å². The molecule has 1 aromatic rings. The average molecular weight is 373 g/mol. The topological polar surface area (TPSA) is 89.7 Å². The summed E-state index contributed by atoms with van der Waals surface area (Å²) in [5.74, 6) is 0.00589. The minimum atomic E-state index is -3.86. The summed E-state index contributed by atoms with van der Waals surface area (Å²) in [5.41, 5.74) is 5.50. The molecule has 0 bridgehead atoms. The van der Waals surface area contributed by atoms with E-state index in [0.29, 0.717) is 12.2 Å². The van der Waals surface area contributed by atoms with Gasteiger partial charge in [-0.05, 0) is 43.4 Å². The first-order valence-electron chi connectivity index (χ1n) is 8.02. The van der Waals surface area contributed by atoms with Crippen LogP contribution in [0, 0.1) is 5.92 Å². The SMILES string of the molecule is COc1ccc(S(=O)(=O)N2C(C(N)=O)CC3CCCCC32)cc1Cl. The molecule has 3 unspecified atom stereocenters. The number of carbonyl (C=O) groups is 1. The first-order valence-corrected chi connectivity index (χ1v) is 9.84. The number of amides is 1. The van der Waals surface area contributed by atoms with E-state index in [0.717, 1.165) is 25.7 Å². The highest BCUT2D eigenvalue weighted by atomic mass is 35.5. The van der Waals surface area contributed by atoms with Crippen molar-refractivity contribution < 1.29 is 17.9 Å². The van der Waals surface area contributed by atoms with Crippen LogP contribution in [-0.4, -0.2) is 37.8 Å². The first kappa shape index (κ1) is 17.5. The summed E-state index contributed by atoms with van der Waals surface area (Å²) in [6.45, 7) is 0. The molecule has 2 N–H and O–H groups in total. The zero-order valence-corrected chi connectivity index (χ0v) is 15.0. The van der Waals surface area contributed by atoms with E-state index in [-0.39, 0.29) is 21.9 Å². The molecular formula is C16H21ClN2O4S. The summed E-state index contributed by atoms with van der Waals surface area (Å²) in [5, 5.41) is 0.216. The van der Waals surface area contributed by atoms with Gasteiger partial charge in [0.1, 0.15) is 11.8 Å². The summed E-state index contributed by atoms with van der Waals surface area (Å²) < 4.78 is 32.7. The van der Waals surface area contributed by atoms with Gasteiger partial charge in [-0.3, -0.25) is 4.79 Å². The zero-order chi connectivity index (χ0) is 17.5. The Bertz CT molecular complexity index is 752. The number of primary amides is 1. The third kappa shape index (κ3) is 2.89. The summed E-state index contributed by atoms with van der Waals surface area (Å²) in [7, 11) is -2.39. The van der Waals surface area contributed by atoms with Crippen LogP contribution < -0.4 is 10.5 Å². The fourth-order valence-corrected chi connectivity index (χ4v) is 6.17. The van der Waals surface area contributed by atoms with E-state index in [1.54, 1.807) is 0 Å². The minimum Gasteiger partial charge on any atom is -0.495 e. The Hall–Kier alpha value is -1.31. The molecule has 3 atom stereocenters. The van der Waals surface area contributed by atoms with Crippen molar-refractivity contribution in [1.82, 2.24) is 4.31 Å². The van der Waals surface area contributed by atoms with E-state index in [1.165, 1.54) is 29.6 Å². The molecule has 1 aliphatic heterocycles. The van der Waals surface area contributed by atoms with Crippen LogP contribution in [0.15, 0.2) is 23.1 Å². The second-order valence-electron chi connectivity index (χ2n) is 6.40. The van der Waals surface area contributed by atoms with E-state index < -0.39 is 22.0 Å². The van der Waals surface area contributed by atoms with Crippen molar-refractivity contribution in [3.05, 3.63) is 23.2 Å². The van der Waals surface area contributed by atoms with Crippen LogP contribution in [-0.2, 0) is 14.8 Å². The largest absolute Gasteiger partial charge is 0.495 e. The van der Waals surface area contributed by atoms with Gasteiger partial charge in [-0.15, -0.1) is 0 Å². The molecule has 0 radical (unpaired) electrons. The predicted molar refractivity (Wildman–Crippen MR) is 90.4 cm³/mol. The van der Waals surface area contributed by atoms with Crippen molar-refractivity contribution in [3.63, 3.8) is 0 Å². The van der Waals surface area contributed by atoms with Gasteiger partial charge in [-0.2, -0.15) is 4.31 Å². The molecule has 1 amide bonds. The summed E-state index contributed by atoms with van der Waals surface area (Å²) in [6.07, 6.45) is 4.22. The van der Waals surface area contributed by atoms with Crippen LogP contribution in [0.1, 0.15) is 32.1 Å². The van der Waals surface area contributed by atoms with Crippen molar-refractivity contribution in [2.24, 2.45) is 11.7 Å². The normalized spacial score (nSPS) is 27.7. The number of sulfonamides is 1. The fourth-order valence-electron chi connectivity index (χ4n) is 3.94. The third-order valence-electron chi connectivity index (χ3n) is 5.06. The molecular weight excluding hydrogens is 352 g/mol. The lowest BCUT2D eigenvalue weighted by atomic mass is 9.85. The zero-order valence-electron chi connectivity index (χ0n) is 13.4. The van der Waals surface area contributed by atoms with E-state index >= 15 is 0 Å². The van der Waals surface area contributed by atoms with Crippen molar-refractivity contribution in [3.8, 4) is 5.75 Å². The van der Waals surface area contributed by atoms with Crippen LogP contribution >= 0.6 is 11.6 Å². The maximum absolute atomic E-state index is 13.2. The number of halogens is 1. The van der Waals surface area contributed by atoms with Gasteiger partial charge >= 0.3 is 0 Å². The van der Waals surface area contributed by atoms with Gasteiger partial charge < -0.3 is 10.5 Å². The van der Waals surface area contributed by atoms with Crippen LogP contribution in [0.3, 0.4) is 0 Å². The maximum Gasteiger partial charge on any atom is 0.244 e. The number of ether oxygens (including phenoxy) is 1. The highest BCUT2D eigenvalue weighted by Gasteiger charge is 2.50. The Balaban J connectivity index is 2.02. The van der Waals surface area contributed by atoms with Crippen molar-refractivity contribution in [1.29, 1.82) is 0 Å². The Labute approximate surface area is 147 Å². The number of hydrogen-bond donors (Lipinski definition) is 1. The van der Waals surface area contributed by atoms with Gasteiger partial charge in [0.25, 0.3) is 0 Å². The van der Waals surface area contributed by atoms with Gasteiger partial charge in [-0.25, -0.2) is 8.42 Å². The number of nitrogens with two attached hydrogens (primary N) is 1. The molecule has 2 aliphatic rings. The highest BCUT2D eigenvalue weighted by Crippen LogP contribution is 2.43. The molecule has 1 aromatic carbocycles. The minimum absolute atomic E-state index is 0.0609. The average Bonchev–Trinajstić information content (AvgIpc) is 2.95. The summed E-state index contributed by atoms with van der Waals surface area (Å²) >= 11 is 6.08. The lowest BCUT2D eigenvalue weighted by Gasteiger charge is -2.32. The second kappa shape index (κ2) is 6.54. The summed E-state index contributed by atoms with van der Waals surface area (Å²) in [6, 6.07) is 3.38. The third-order valence-corrected chi connectivity index (χ3v) is 7.28. The Morgan fingerprint density at radius 3 is 2.67 bits per heavy atom. The molecule has 24 heavy (non-hydrogen) atoms. The van der Waals surface area contributed by atoms with Gasteiger partial charge in [0, 0.05) is 6.04 Å². The Morgan fingerprint density at radius 1 is 1.33 bits per heavy atom. The van der Waals surface area contributed by atoms with Crippen LogP contribution in [0.2, 0.25) is 5.02 Å². The van der Waals surface area contributed by atoms with E-state index in [2.05, 4.69) is 0 Å². The molecule has 8 heteroatoms. The predicted octanol–water partition coefficient (Wildman–Crippen LogP) is 2.16. The van der Waals surface area contributed by atoms with Crippen molar-refractivity contribution >= 4 is 27.5 Å². The molecule has 0 aromatic heterocycles. The Kier molecular flexibility index (Phi) is 4.77. The molecule has 1 saturated carbocycles. The van der Waals surface area contributed by atoms with E-state index in [9.17, 15) is 13.2 Å². The summed E-state index contributed by atoms with van der Waals surface area (Å²) in [4.78, 5) is 11.9. The lowest BCUT2D eigenvalue weighted by molar-refractivity contribution is -0.121.